The second-order valence-electron chi connectivity index (χ2n) is 0.976. The van der Waals surface area contributed by atoms with E-state index >= 15 is 0 Å². The van der Waals surface area contributed by atoms with E-state index in [4.69, 9.17) is 0 Å². The second kappa shape index (κ2) is 2.35. The van der Waals surface area contributed by atoms with Crippen LogP contribution < -0.4 is 0 Å². The lowest BCUT2D eigenvalue weighted by Crippen LogP contribution is -1.98. The molecule has 0 amide bonds. The molecule has 48 valence electrons. The van der Waals surface area contributed by atoms with E-state index in [1.807, 2.05) is 0 Å². The van der Waals surface area contributed by atoms with Crippen LogP contribution in [0.2, 0.25) is 0 Å². The number of rotatable bonds is 1. The van der Waals surface area contributed by atoms with Crippen molar-refractivity contribution in [3.8, 4) is 0 Å². The van der Waals surface area contributed by atoms with Crippen LogP contribution in [0.25, 0.3) is 0 Å². The van der Waals surface area contributed by atoms with E-state index in [0.717, 1.165) is 0 Å². The molecule has 0 fully saturated rings. The summed E-state index contributed by atoms with van der Waals surface area (Å²) in [6, 6.07) is 0. The SMILES string of the molecule is FC(F)=CC(F)(F)Cl. The van der Waals surface area contributed by atoms with Crippen molar-refractivity contribution < 1.29 is 17.6 Å². The molecule has 0 atom stereocenters. The molecule has 0 aliphatic heterocycles. The van der Waals surface area contributed by atoms with Gasteiger partial charge in [-0.2, -0.15) is 17.6 Å². The molecule has 0 unspecified atom stereocenters. The first kappa shape index (κ1) is 7.75. The highest BCUT2D eigenvalue weighted by Crippen LogP contribution is 2.22. The van der Waals surface area contributed by atoms with Crippen molar-refractivity contribution in [2.45, 2.75) is 5.38 Å². The molecule has 0 aliphatic rings. The largest absolute Gasteiger partial charge is 0.346 e. The van der Waals surface area contributed by atoms with Gasteiger partial charge in [0.1, 0.15) is 0 Å². The number of halogens is 5. The summed E-state index contributed by atoms with van der Waals surface area (Å²) in [5, 5.41) is -3.92. The molecule has 0 aromatic heterocycles. The fraction of sp³-hybridized carbons (Fsp3) is 0.333. The quantitative estimate of drug-likeness (QED) is 0.396. The molecule has 8 heavy (non-hydrogen) atoms. The van der Waals surface area contributed by atoms with Crippen LogP contribution in [0.3, 0.4) is 0 Å². The zero-order valence-corrected chi connectivity index (χ0v) is 4.22. The highest BCUT2D eigenvalue weighted by atomic mass is 35.5. The summed E-state index contributed by atoms with van der Waals surface area (Å²) in [5.74, 6) is 0. The molecule has 0 bridgehead atoms. The first-order chi connectivity index (χ1) is 3.42. The Morgan fingerprint density at radius 3 is 1.75 bits per heavy atom. The van der Waals surface area contributed by atoms with Gasteiger partial charge in [0.25, 0.3) is 6.08 Å². The topological polar surface area (TPSA) is 0 Å². The Morgan fingerprint density at radius 2 is 1.75 bits per heavy atom. The molecule has 0 N–H and O–H groups in total. The Hall–Kier alpha value is -0.250. The lowest BCUT2D eigenvalue weighted by atomic mass is 10.6. The van der Waals surface area contributed by atoms with Gasteiger partial charge >= 0.3 is 5.38 Å². The van der Waals surface area contributed by atoms with Crippen molar-refractivity contribution in [3.05, 3.63) is 12.2 Å². The van der Waals surface area contributed by atoms with Gasteiger partial charge in [-0.05, 0) is 11.6 Å². The summed E-state index contributed by atoms with van der Waals surface area (Å²) in [5.41, 5.74) is 0. The molecule has 0 aliphatic carbocycles. The normalized spacial score (nSPS) is 11.1. The van der Waals surface area contributed by atoms with Crippen LogP contribution in [-0.4, -0.2) is 5.38 Å². The smallest absolute Gasteiger partial charge is 0.184 e. The molecule has 0 saturated carbocycles. The third-order valence-corrected chi connectivity index (χ3v) is 0.382. The van der Waals surface area contributed by atoms with E-state index in [1.165, 1.54) is 0 Å². The highest BCUT2D eigenvalue weighted by molar-refractivity contribution is 6.22. The van der Waals surface area contributed by atoms with Crippen molar-refractivity contribution in [1.29, 1.82) is 0 Å². The van der Waals surface area contributed by atoms with Gasteiger partial charge in [0.05, 0.1) is 6.08 Å². The van der Waals surface area contributed by atoms with Gasteiger partial charge < -0.3 is 0 Å². The molecule has 0 heterocycles. The molecule has 0 spiro atoms. The maximum Gasteiger partial charge on any atom is 0.346 e. The standard InChI is InChI=1S/C3HClF4/c4-3(7,8)1-2(5)6/h1H. The summed E-state index contributed by atoms with van der Waals surface area (Å²) in [7, 11) is 0. The summed E-state index contributed by atoms with van der Waals surface area (Å²) in [4.78, 5) is 0. The van der Waals surface area contributed by atoms with E-state index in [0.29, 0.717) is 0 Å². The van der Waals surface area contributed by atoms with Crippen molar-refractivity contribution in [3.63, 3.8) is 0 Å². The van der Waals surface area contributed by atoms with Crippen molar-refractivity contribution in [2.75, 3.05) is 0 Å². The summed E-state index contributed by atoms with van der Waals surface area (Å²) in [6.07, 6.45) is -3.11. The van der Waals surface area contributed by atoms with Crippen LogP contribution in [0.15, 0.2) is 12.2 Å². The zero-order valence-electron chi connectivity index (χ0n) is 3.47. The van der Waals surface area contributed by atoms with Crippen LogP contribution in [0.5, 0.6) is 0 Å². The predicted molar refractivity (Wildman–Crippen MR) is 21.1 cm³/mol. The first-order valence-corrected chi connectivity index (χ1v) is 1.90. The van der Waals surface area contributed by atoms with Crippen molar-refractivity contribution in [2.24, 2.45) is 0 Å². The third-order valence-electron chi connectivity index (χ3n) is 0.273. The molecule has 0 nitrogen and oxygen atoms in total. The van der Waals surface area contributed by atoms with E-state index in [-0.39, 0.29) is 0 Å². The Balaban J connectivity index is 3.89. The van der Waals surface area contributed by atoms with E-state index in [2.05, 4.69) is 11.6 Å². The van der Waals surface area contributed by atoms with Gasteiger partial charge in [0.2, 0.25) is 0 Å². The molecule has 0 aromatic carbocycles. The van der Waals surface area contributed by atoms with Crippen LogP contribution in [0.1, 0.15) is 0 Å². The number of hydrogen-bond acceptors (Lipinski definition) is 0. The third kappa shape index (κ3) is 5.75. The van der Waals surface area contributed by atoms with Crippen molar-refractivity contribution >= 4 is 11.6 Å². The molecule has 0 radical (unpaired) electrons. The lowest BCUT2D eigenvalue weighted by molar-refractivity contribution is 0.146. The predicted octanol–water partition coefficient (Wildman–Crippen LogP) is 2.60. The van der Waals surface area contributed by atoms with Crippen LogP contribution >= 0.6 is 11.6 Å². The molecular weight excluding hydrogens is 147 g/mol. The lowest BCUT2D eigenvalue weighted by Gasteiger charge is -1.95. The van der Waals surface area contributed by atoms with E-state index in [9.17, 15) is 17.6 Å². The number of alkyl halides is 3. The fourth-order valence-corrected chi connectivity index (χ4v) is 0.206. The van der Waals surface area contributed by atoms with Crippen LogP contribution in [0, 0.1) is 0 Å². The Labute approximate surface area is 47.7 Å². The molecule has 5 heteroatoms. The molecule has 0 rings (SSSR count). The molecule has 0 saturated heterocycles. The van der Waals surface area contributed by atoms with Gasteiger partial charge in [-0.25, -0.2) is 0 Å². The Morgan fingerprint density at radius 1 is 1.38 bits per heavy atom. The van der Waals surface area contributed by atoms with E-state index in [1.54, 1.807) is 0 Å². The van der Waals surface area contributed by atoms with Gasteiger partial charge in [0.15, 0.2) is 0 Å². The molecular formula is C3HClF4. The van der Waals surface area contributed by atoms with Gasteiger partial charge in [0, 0.05) is 0 Å². The van der Waals surface area contributed by atoms with Gasteiger partial charge in [-0.3, -0.25) is 0 Å². The molecule has 0 aromatic rings. The number of allylic oxidation sites excluding steroid dienone is 1. The van der Waals surface area contributed by atoms with Gasteiger partial charge in [-0.15, -0.1) is 0 Å². The number of hydrogen-bond donors (Lipinski definition) is 0. The van der Waals surface area contributed by atoms with Crippen molar-refractivity contribution in [1.82, 2.24) is 0 Å². The fourth-order valence-electron chi connectivity index (χ4n) is 0.124. The summed E-state index contributed by atoms with van der Waals surface area (Å²) < 4.78 is 44.0. The summed E-state index contributed by atoms with van der Waals surface area (Å²) in [6.45, 7) is 0. The first-order valence-electron chi connectivity index (χ1n) is 1.52. The summed E-state index contributed by atoms with van der Waals surface area (Å²) >= 11 is 4.04. The zero-order chi connectivity index (χ0) is 6.78. The van der Waals surface area contributed by atoms with Gasteiger partial charge in [-0.1, -0.05) is 0 Å². The van der Waals surface area contributed by atoms with E-state index < -0.39 is 17.5 Å². The van der Waals surface area contributed by atoms with Crippen LogP contribution in [-0.2, 0) is 0 Å². The highest BCUT2D eigenvalue weighted by Gasteiger charge is 2.22. The second-order valence-corrected chi connectivity index (χ2v) is 1.48. The average Bonchev–Trinajstić information content (AvgIpc) is 1.21. The minimum Gasteiger partial charge on any atom is -0.184 e. The van der Waals surface area contributed by atoms with Crippen LogP contribution in [0.4, 0.5) is 17.6 Å². The maximum atomic E-state index is 11.2. The maximum absolute atomic E-state index is 11.2. The Bertz CT molecular complexity index is 98.3. The minimum absolute atomic E-state index is 0.630. The Kier molecular flexibility index (Phi) is 2.27. The minimum atomic E-state index is -3.92. The monoisotopic (exact) mass is 148 g/mol. The average molecular weight is 148 g/mol.